The van der Waals surface area contributed by atoms with Crippen molar-refractivity contribution in [2.45, 2.75) is 57.5 Å². The molecule has 3 rings (SSSR count). The van der Waals surface area contributed by atoms with E-state index >= 15 is 0 Å². The van der Waals surface area contributed by atoms with Gasteiger partial charge in [-0.25, -0.2) is 9.59 Å². The molecule has 170 valence electrons. The summed E-state index contributed by atoms with van der Waals surface area (Å²) in [7, 11) is 0. The lowest BCUT2D eigenvalue weighted by Crippen LogP contribution is -2.44. The number of carbonyl (C=O) groups is 3. The van der Waals surface area contributed by atoms with Gasteiger partial charge in [0, 0.05) is 18.4 Å². The zero-order chi connectivity index (χ0) is 23.1. The third-order valence-corrected chi connectivity index (χ3v) is 5.78. The zero-order valence-corrected chi connectivity index (χ0v) is 18.5. The van der Waals surface area contributed by atoms with Gasteiger partial charge in [0.25, 0.3) is 0 Å². The number of hydrogen-bond acceptors (Lipinski definition) is 4. The van der Waals surface area contributed by atoms with Gasteiger partial charge in [-0.3, -0.25) is 4.79 Å². The van der Waals surface area contributed by atoms with Crippen molar-refractivity contribution >= 4 is 18.0 Å². The van der Waals surface area contributed by atoms with Crippen LogP contribution in [0.25, 0.3) is 11.1 Å². The van der Waals surface area contributed by atoms with Crippen LogP contribution in [0.2, 0.25) is 0 Å². The Kier molecular flexibility index (Phi) is 7.87. The minimum Gasteiger partial charge on any atom is -0.480 e. The SMILES string of the molecule is CCCC(CC(=O)NC(CC)C(=O)O)NC(=O)OCC1c2ccccc2-c2ccccc21. The molecule has 2 atom stereocenters. The summed E-state index contributed by atoms with van der Waals surface area (Å²) >= 11 is 0. The van der Waals surface area contributed by atoms with Gasteiger partial charge in [0.15, 0.2) is 0 Å². The molecule has 0 saturated heterocycles. The second-order valence-electron chi connectivity index (χ2n) is 8.03. The van der Waals surface area contributed by atoms with Crippen molar-refractivity contribution in [3.63, 3.8) is 0 Å². The molecule has 0 aliphatic heterocycles. The van der Waals surface area contributed by atoms with Crippen LogP contribution in [0.5, 0.6) is 0 Å². The molecule has 2 aromatic carbocycles. The van der Waals surface area contributed by atoms with E-state index < -0.39 is 30.1 Å². The van der Waals surface area contributed by atoms with E-state index in [0.29, 0.717) is 12.8 Å². The average molecular weight is 439 g/mol. The summed E-state index contributed by atoms with van der Waals surface area (Å²) in [6.45, 7) is 3.84. The van der Waals surface area contributed by atoms with Crippen molar-refractivity contribution < 1.29 is 24.2 Å². The number of rotatable bonds is 10. The molecular weight excluding hydrogens is 408 g/mol. The highest BCUT2D eigenvalue weighted by molar-refractivity contribution is 5.84. The fourth-order valence-electron chi connectivity index (χ4n) is 4.20. The summed E-state index contributed by atoms with van der Waals surface area (Å²) in [6.07, 6.45) is 1.06. The van der Waals surface area contributed by atoms with Crippen LogP contribution in [0, 0.1) is 0 Å². The number of benzene rings is 2. The molecule has 7 heteroatoms. The number of fused-ring (bicyclic) bond motifs is 3. The number of ether oxygens (including phenoxy) is 1. The van der Waals surface area contributed by atoms with E-state index in [0.717, 1.165) is 28.7 Å². The standard InChI is InChI=1S/C25H30N2O5/c1-3-9-16(14-23(28)27-22(4-2)24(29)30)26-25(31)32-15-21-19-12-7-5-10-17(19)18-11-6-8-13-20(18)21/h5-8,10-13,16,21-22H,3-4,9,14-15H2,1-2H3,(H,26,31)(H,27,28)(H,29,30). The summed E-state index contributed by atoms with van der Waals surface area (Å²) in [5.74, 6) is -1.52. The van der Waals surface area contributed by atoms with Gasteiger partial charge in [-0.15, -0.1) is 0 Å². The predicted octanol–water partition coefficient (Wildman–Crippen LogP) is 4.06. The largest absolute Gasteiger partial charge is 0.480 e. The van der Waals surface area contributed by atoms with Gasteiger partial charge in [-0.1, -0.05) is 68.8 Å². The van der Waals surface area contributed by atoms with Crippen LogP contribution in [0.1, 0.15) is 56.6 Å². The highest BCUT2D eigenvalue weighted by Gasteiger charge is 2.29. The van der Waals surface area contributed by atoms with Crippen LogP contribution in [0.3, 0.4) is 0 Å². The molecule has 0 saturated carbocycles. The number of carboxylic acid groups (broad SMARTS) is 1. The Labute approximate surface area is 188 Å². The highest BCUT2D eigenvalue weighted by atomic mass is 16.5. The predicted molar refractivity (Wildman–Crippen MR) is 121 cm³/mol. The van der Waals surface area contributed by atoms with Crippen LogP contribution in [-0.4, -0.2) is 41.8 Å². The fourth-order valence-corrected chi connectivity index (χ4v) is 4.20. The van der Waals surface area contributed by atoms with Crippen molar-refractivity contribution in [1.82, 2.24) is 10.6 Å². The maximum Gasteiger partial charge on any atom is 0.407 e. The third kappa shape index (κ3) is 5.46. The second-order valence-corrected chi connectivity index (χ2v) is 8.03. The van der Waals surface area contributed by atoms with Gasteiger partial charge >= 0.3 is 12.1 Å². The van der Waals surface area contributed by atoms with Crippen molar-refractivity contribution in [3.8, 4) is 11.1 Å². The Morgan fingerprint density at radius 2 is 1.56 bits per heavy atom. The summed E-state index contributed by atoms with van der Waals surface area (Å²) in [5.41, 5.74) is 4.57. The summed E-state index contributed by atoms with van der Waals surface area (Å²) in [5, 5.41) is 14.4. The molecule has 0 heterocycles. The summed E-state index contributed by atoms with van der Waals surface area (Å²) < 4.78 is 5.56. The lowest BCUT2D eigenvalue weighted by molar-refractivity contribution is -0.142. The molecule has 0 radical (unpaired) electrons. The molecule has 2 unspecified atom stereocenters. The average Bonchev–Trinajstić information content (AvgIpc) is 3.10. The Morgan fingerprint density at radius 1 is 0.969 bits per heavy atom. The molecular formula is C25H30N2O5. The molecule has 0 bridgehead atoms. The van der Waals surface area contributed by atoms with Crippen LogP contribution in [-0.2, 0) is 14.3 Å². The van der Waals surface area contributed by atoms with E-state index in [9.17, 15) is 14.4 Å². The smallest absolute Gasteiger partial charge is 0.407 e. The Morgan fingerprint density at radius 3 is 2.09 bits per heavy atom. The monoisotopic (exact) mass is 438 g/mol. The lowest BCUT2D eigenvalue weighted by atomic mass is 9.98. The first-order valence-corrected chi connectivity index (χ1v) is 11.1. The van der Waals surface area contributed by atoms with Gasteiger partial charge in [0.1, 0.15) is 12.6 Å². The van der Waals surface area contributed by atoms with Crippen LogP contribution < -0.4 is 10.6 Å². The highest BCUT2D eigenvalue weighted by Crippen LogP contribution is 2.44. The molecule has 7 nitrogen and oxygen atoms in total. The van der Waals surface area contributed by atoms with Crippen LogP contribution in [0.4, 0.5) is 4.79 Å². The van der Waals surface area contributed by atoms with E-state index in [4.69, 9.17) is 9.84 Å². The van der Waals surface area contributed by atoms with E-state index in [1.807, 2.05) is 31.2 Å². The van der Waals surface area contributed by atoms with Crippen molar-refractivity contribution in [1.29, 1.82) is 0 Å². The lowest BCUT2D eigenvalue weighted by Gasteiger charge is -2.20. The number of alkyl carbamates (subject to hydrolysis) is 1. The first-order valence-electron chi connectivity index (χ1n) is 11.1. The molecule has 1 aliphatic carbocycles. The van der Waals surface area contributed by atoms with Crippen molar-refractivity contribution in [3.05, 3.63) is 59.7 Å². The van der Waals surface area contributed by atoms with Gasteiger partial charge < -0.3 is 20.5 Å². The Bertz CT molecular complexity index is 929. The van der Waals surface area contributed by atoms with E-state index in [1.165, 1.54) is 0 Å². The molecule has 0 aromatic heterocycles. The summed E-state index contributed by atoms with van der Waals surface area (Å²) in [4.78, 5) is 35.9. The molecule has 3 N–H and O–H groups in total. The van der Waals surface area contributed by atoms with Gasteiger partial charge in [0.05, 0.1) is 0 Å². The fraction of sp³-hybridized carbons (Fsp3) is 0.400. The topological polar surface area (TPSA) is 105 Å². The quantitative estimate of drug-likeness (QED) is 0.519. The number of hydrogen-bond donors (Lipinski definition) is 3. The molecule has 32 heavy (non-hydrogen) atoms. The Hall–Kier alpha value is -3.35. The number of nitrogens with one attached hydrogen (secondary N) is 2. The first-order chi connectivity index (χ1) is 15.4. The maximum absolute atomic E-state index is 12.5. The normalized spacial score (nSPS) is 14.1. The first kappa shape index (κ1) is 23.3. The van der Waals surface area contributed by atoms with Crippen molar-refractivity contribution in [2.24, 2.45) is 0 Å². The van der Waals surface area contributed by atoms with Crippen LogP contribution in [0.15, 0.2) is 48.5 Å². The van der Waals surface area contributed by atoms with E-state index in [2.05, 4.69) is 34.9 Å². The van der Waals surface area contributed by atoms with E-state index in [1.54, 1.807) is 6.92 Å². The molecule has 2 aromatic rings. The molecule has 1 aliphatic rings. The Balaban J connectivity index is 1.59. The van der Waals surface area contributed by atoms with Crippen molar-refractivity contribution in [2.75, 3.05) is 6.61 Å². The summed E-state index contributed by atoms with van der Waals surface area (Å²) in [6, 6.07) is 14.9. The van der Waals surface area contributed by atoms with Gasteiger partial charge in [-0.05, 0) is 35.1 Å². The maximum atomic E-state index is 12.5. The van der Waals surface area contributed by atoms with Gasteiger partial charge in [0.2, 0.25) is 5.91 Å². The molecule has 0 spiro atoms. The number of carbonyl (C=O) groups excluding carboxylic acids is 2. The van der Waals surface area contributed by atoms with Crippen LogP contribution >= 0.6 is 0 Å². The number of amides is 2. The molecule has 0 fully saturated rings. The molecule has 2 amide bonds. The minimum absolute atomic E-state index is 0.00180. The second kappa shape index (κ2) is 10.8. The zero-order valence-electron chi connectivity index (χ0n) is 18.5. The minimum atomic E-state index is -1.07. The number of aliphatic carboxylic acids is 1. The number of carboxylic acids is 1. The third-order valence-electron chi connectivity index (χ3n) is 5.78. The van der Waals surface area contributed by atoms with Gasteiger partial charge in [-0.2, -0.15) is 0 Å². The van der Waals surface area contributed by atoms with E-state index in [-0.39, 0.29) is 18.9 Å².